The molecule has 5 nitrogen and oxygen atoms in total. The average Bonchev–Trinajstić information content (AvgIpc) is 3.14. The number of nitrogens with one attached hydrogen (secondary N) is 2. The van der Waals surface area contributed by atoms with Gasteiger partial charge in [-0.1, -0.05) is 41.9 Å². The summed E-state index contributed by atoms with van der Waals surface area (Å²) in [5.41, 5.74) is 1.52. The second-order valence-corrected chi connectivity index (χ2v) is 6.91. The highest BCUT2D eigenvalue weighted by atomic mass is 35.5. The van der Waals surface area contributed by atoms with Crippen LogP contribution in [0.4, 0.5) is 5.69 Å². The van der Waals surface area contributed by atoms with E-state index in [1.54, 1.807) is 18.3 Å². The predicted molar refractivity (Wildman–Crippen MR) is 114 cm³/mol. The fraction of sp³-hybridized carbons (Fsp3) is 0.0476. The van der Waals surface area contributed by atoms with Crippen LogP contribution in [0, 0.1) is 4.77 Å². The first-order valence-corrected chi connectivity index (χ1v) is 9.37. The van der Waals surface area contributed by atoms with Gasteiger partial charge < -0.3 is 15.0 Å². The summed E-state index contributed by atoms with van der Waals surface area (Å²) in [5, 5.41) is 5.25. The number of anilines is 1. The van der Waals surface area contributed by atoms with Crippen LogP contribution in [0.2, 0.25) is 5.02 Å². The molecule has 0 spiro atoms. The van der Waals surface area contributed by atoms with E-state index < -0.39 is 0 Å². The molecular formula is C21H16ClN3O2S. The lowest BCUT2D eigenvalue weighted by atomic mass is 10.1. The van der Waals surface area contributed by atoms with Crippen molar-refractivity contribution in [3.05, 3.63) is 82.9 Å². The van der Waals surface area contributed by atoms with Crippen LogP contribution in [-0.2, 0) is 4.79 Å². The van der Waals surface area contributed by atoms with Crippen molar-refractivity contribution in [2.24, 2.45) is 0 Å². The van der Waals surface area contributed by atoms with Crippen molar-refractivity contribution in [1.82, 2.24) is 9.55 Å². The summed E-state index contributed by atoms with van der Waals surface area (Å²) in [6.45, 7) is -0.112. The molecule has 0 radical (unpaired) electrons. The lowest BCUT2D eigenvalue weighted by molar-refractivity contribution is -0.118. The minimum absolute atomic E-state index is 0.112. The Kier molecular flexibility index (Phi) is 5.14. The number of hydrogen-bond donors (Lipinski definition) is 2. The van der Waals surface area contributed by atoms with Crippen LogP contribution in [0.1, 0.15) is 0 Å². The first kappa shape index (κ1) is 18.3. The lowest BCUT2D eigenvalue weighted by Gasteiger charge is -2.11. The number of nitrogens with zero attached hydrogens (tertiary/aromatic N) is 1. The molecule has 0 unspecified atom stereocenters. The van der Waals surface area contributed by atoms with Crippen LogP contribution in [-0.4, -0.2) is 22.1 Å². The number of rotatable bonds is 5. The van der Waals surface area contributed by atoms with Crippen LogP contribution in [0.5, 0.6) is 5.75 Å². The summed E-state index contributed by atoms with van der Waals surface area (Å²) in [5.74, 6) is 0.358. The van der Waals surface area contributed by atoms with Crippen molar-refractivity contribution in [3.8, 4) is 11.4 Å². The summed E-state index contributed by atoms with van der Waals surface area (Å²) in [7, 11) is 0. The first-order chi connectivity index (χ1) is 13.6. The molecule has 0 bridgehead atoms. The van der Waals surface area contributed by atoms with Crippen molar-refractivity contribution in [2.75, 3.05) is 11.9 Å². The van der Waals surface area contributed by atoms with Gasteiger partial charge in [-0.3, -0.25) is 9.36 Å². The molecule has 1 aromatic heterocycles. The van der Waals surface area contributed by atoms with Crippen LogP contribution in [0.25, 0.3) is 16.5 Å². The number of hydrogen-bond acceptors (Lipinski definition) is 3. The monoisotopic (exact) mass is 409 g/mol. The molecule has 28 heavy (non-hydrogen) atoms. The largest absolute Gasteiger partial charge is 0.483 e. The Morgan fingerprint density at radius 3 is 2.71 bits per heavy atom. The van der Waals surface area contributed by atoms with Gasteiger partial charge in [-0.15, -0.1) is 0 Å². The van der Waals surface area contributed by atoms with Gasteiger partial charge in [0.2, 0.25) is 0 Å². The normalized spacial score (nSPS) is 10.8. The Labute approximate surface area is 171 Å². The van der Waals surface area contributed by atoms with Crippen molar-refractivity contribution < 1.29 is 9.53 Å². The fourth-order valence-corrected chi connectivity index (χ4v) is 3.42. The van der Waals surface area contributed by atoms with Gasteiger partial charge in [-0.25, -0.2) is 0 Å². The third kappa shape index (κ3) is 3.78. The number of fused-ring (bicyclic) bond motifs is 1. The molecule has 7 heteroatoms. The van der Waals surface area contributed by atoms with Gasteiger partial charge in [0.05, 0.1) is 0 Å². The molecule has 0 aliphatic heterocycles. The van der Waals surface area contributed by atoms with Gasteiger partial charge in [0.1, 0.15) is 5.75 Å². The van der Waals surface area contributed by atoms with E-state index in [2.05, 4.69) is 10.3 Å². The fourth-order valence-electron chi connectivity index (χ4n) is 2.96. The maximum absolute atomic E-state index is 12.4. The highest BCUT2D eigenvalue weighted by molar-refractivity contribution is 7.71. The number of H-pyrrole nitrogens is 1. The van der Waals surface area contributed by atoms with Gasteiger partial charge in [0, 0.05) is 39.6 Å². The average molecular weight is 410 g/mol. The molecule has 4 aromatic rings. The number of carbonyl (C=O) groups is 1. The van der Waals surface area contributed by atoms with Crippen LogP contribution in [0.3, 0.4) is 0 Å². The van der Waals surface area contributed by atoms with Crippen molar-refractivity contribution >= 4 is 46.2 Å². The standard InChI is InChI=1S/C21H16ClN3O2S/c22-18-8-9-19(17-7-2-1-6-16(17)18)27-13-20(26)24-14-4-3-5-15(12-14)25-11-10-23-21(25)28/h1-12H,13H2,(H,23,28)(H,24,26). The zero-order valence-electron chi connectivity index (χ0n) is 14.7. The SMILES string of the molecule is O=C(COc1ccc(Cl)c2ccccc12)Nc1cccc(-n2cc[nH]c2=S)c1. The Balaban J connectivity index is 1.47. The molecule has 2 N–H and O–H groups in total. The lowest BCUT2D eigenvalue weighted by Crippen LogP contribution is -2.20. The number of aromatic amines is 1. The molecule has 0 saturated heterocycles. The van der Waals surface area contributed by atoms with Crippen molar-refractivity contribution in [1.29, 1.82) is 0 Å². The van der Waals surface area contributed by atoms with Gasteiger partial charge in [-0.2, -0.15) is 0 Å². The van der Waals surface area contributed by atoms with Crippen LogP contribution < -0.4 is 10.1 Å². The Hall–Kier alpha value is -3.09. The van der Waals surface area contributed by atoms with E-state index in [9.17, 15) is 4.79 Å². The number of halogens is 1. The first-order valence-electron chi connectivity index (χ1n) is 8.58. The summed E-state index contributed by atoms with van der Waals surface area (Å²) < 4.78 is 8.14. The molecule has 1 amide bonds. The highest BCUT2D eigenvalue weighted by Crippen LogP contribution is 2.31. The zero-order valence-corrected chi connectivity index (χ0v) is 16.3. The molecule has 4 rings (SSSR count). The van der Waals surface area contributed by atoms with Crippen molar-refractivity contribution in [2.45, 2.75) is 0 Å². The summed E-state index contributed by atoms with van der Waals surface area (Å²) in [4.78, 5) is 15.3. The third-order valence-corrected chi connectivity index (χ3v) is 4.89. The van der Waals surface area contributed by atoms with E-state index in [-0.39, 0.29) is 12.5 Å². The van der Waals surface area contributed by atoms with E-state index in [1.807, 2.05) is 59.3 Å². The third-order valence-electron chi connectivity index (χ3n) is 4.25. The summed E-state index contributed by atoms with van der Waals surface area (Å²) in [6.07, 6.45) is 3.59. The minimum Gasteiger partial charge on any atom is -0.483 e. The molecule has 0 aliphatic rings. The second kappa shape index (κ2) is 7.88. The topological polar surface area (TPSA) is 59.0 Å². The predicted octanol–water partition coefficient (Wildman–Crippen LogP) is 5.36. The Bertz CT molecular complexity index is 1220. The van der Waals surface area contributed by atoms with E-state index in [1.165, 1.54) is 0 Å². The number of aromatic nitrogens is 2. The zero-order chi connectivity index (χ0) is 19.5. The highest BCUT2D eigenvalue weighted by Gasteiger charge is 2.09. The van der Waals surface area contributed by atoms with Gasteiger partial charge in [0.15, 0.2) is 11.4 Å². The number of benzene rings is 3. The molecule has 0 aliphatic carbocycles. The maximum Gasteiger partial charge on any atom is 0.262 e. The molecule has 0 fully saturated rings. The Morgan fingerprint density at radius 1 is 1.11 bits per heavy atom. The molecule has 140 valence electrons. The van der Waals surface area contributed by atoms with Gasteiger partial charge in [0.25, 0.3) is 5.91 Å². The summed E-state index contributed by atoms with van der Waals surface area (Å²) >= 11 is 11.5. The molecule has 3 aromatic carbocycles. The van der Waals surface area contributed by atoms with Gasteiger partial charge in [-0.05, 0) is 42.5 Å². The quantitative estimate of drug-likeness (QED) is 0.436. The molecule has 1 heterocycles. The van der Waals surface area contributed by atoms with Crippen molar-refractivity contribution in [3.63, 3.8) is 0 Å². The number of amides is 1. The van der Waals surface area contributed by atoms with Crippen LogP contribution in [0.15, 0.2) is 73.1 Å². The van der Waals surface area contributed by atoms with E-state index in [4.69, 9.17) is 28.6 Å². The summed E-state index contributed by atoms with van der Waals surface area (Å²) in [6, 6.07) is 18.6. The maximum atomic E-state index is 12.4. The number of imidazole rings is 1. The Morgan fingerprint density at radius 2 is 1.93 bits per heavy atom. The number of carbonyl (C=O) groups excluding carboxylic acids is 1. The molecule has 0 atom stereocenters. The van der Waals surface area contributed by atoms with Crippen LogP contribution >= 0.6 is 23.8 Å². The van der Waals surface area contributed by atoms with E-state index >= 15 is 0 Å². The van der Waals surface area contributed by atoms with E-state index in [0.717, 1.165) is 16.5 Å². The van der Waals surface area contributed by atoms with E-state index in [0.29, 0.717) is 21.2 Å². The molecule has 0 saturated carbocycles. The number of ether oxygens (including phenoxy) is 1. The molecular weight excluding hydrogens is 394 g/mol. The van der Waals surface area contributed by atoms with Gasteiger partial charge >= 0.3 is 0 Å². The smallest absolute Gasteiger partial charge is 0.262 e. The minimum atomic E-state index is -0.256. The second-order valence-electron chi connectivity index (χ2n) is 6.11.